The van der Waals surface area contributed by atoms with Crippen molar-refractivity contribution < 1.29 is 142 Å². The maximum Gasteiger partial charge on any atom is 0.358 e. The van der Waals surface area contributed by atoms with E-state index < -0.39 is 142 Å². The van der Waals surface area contributed by atoms with Crippen LogP contribution < -0.4 is 0 Å². The van der Waals surface area contributed by atoms with Gasteiger partial charge in [0.1, 0.15) is 0 Å². The zero-order valence-corrected chi connectivity index (χ0v) is 34.0. The molecule has 5 atom stereocenters. The highest BCUT2D eigenvalue weighted by atomic mass is 31.3. The minimum absolute atomic E-state index is 0.0942. The molecule has 0 aromatic carbocycles. The van der Waals surface area contributed by atoms with Crippen molar-refractivity contribution >= 4 is 76.0 Å². The summed E-state index contributed by atoms with van der Waals surface area (Å²) in [6, 6.07) is 0. The summed E-state index contributed by atoms with van der Waals surface area (Å²) >= 11 is 0. The Kier molecular flexibility index (Phi) is 19.9. The lowest BCUT2D eigenvalue weighted by Gasteiger charge is -2.30. The van der Waals surface area contributed by atoms with E-state index in [0.717, 1.165) is 0 Å². The number of nitrogens with zero attached hydrogens (tertiary/aromatic N) is 3. The van der Waals surface area contributed by atoms with Crippen LogP contribution in [0.3, 0.4) is 0 Å². The first-order valence-electron chi connectivity index (χ1n) is 12.1. The molecule has 0 aliphatic carbocycles. The summed E-state index contributed by atoms with van der Waals surface area (Å²) in [7, 11) is -55.8. The van der Waals surface area contributed by atoms with Crippen LogP contribution in [0.15, 0.2) is 0 Å². The Bertz CT molecular complexity index is 1510. The summed E-state index contributed by atoms with van der Waals surface area (Å²) in [5.41, 5.74) is 0. The van der Waals surface area contributed by atoms with Crippen molar-refractivity contribution in [2.24, 2.45) is 0 Å². The van der Waals surface area contributed by atoms with Crippen LogP contribution in [0.1, 0.15) is 0 Å². The highest BCUT2D eigenvalue weighted by Crippen LogP contribution is 2.61. The summed E-state index contributed by atoms with van der Waals surface area (Å²) in [4.78, 5) is 139. The molecule has 0 spiro atoms. The van der Waals surface area contributed by atoms with Gasteiger partial charge in [0.15, 0.2) is 29.5 Å². The number of hydrogen-bond donors (Lipinski definition) is 15. The van der Waals surface area contributed by atoms with Crippen molar-refractivity contribution in [3.8, 4) is 0 Å². The molecule has 15 N–H and O–H groups in total. The highest BCUT2D eigenvalue weighted by molar-refractivity contribution is 7.71. The van der Waals surface area contributed by atoms with E-state index in [4.69, 9.17) is 48.9 Å². The van der Waals surface area contributed by atoms with Crippen molar-refractivity contribution in [3.63, 3.8) is 0 Å². The monoisotopic (exact) mass is 973 g/mol. The van der Waals surface area contributed by atoms with Crippen molar-refractivity contribution in [3.05, 3.63) is 0 Å². The highest BCUT2D eigenvalue weighted by Gasteiger charge is 2.42. The molecule has 0 aliphatic heterocycles. The average molecular weight is 973 g/mol. The Labute approximate surface area is 289 Å². The van der Waals surface area contributed by atoms with E-state index >= 15 is 0 Å². The predicted molar refractivity (Wildman–Crippen MR) is 164 cm³/mol. The van der Waals surface area contributed by atoms with Gasteiger partial charge < -0.3 is 73.4 Å². The van der Waals surface area contributed by atoms with Crippen LogP contribution in [-0.2, 0) is 68.8 Å². The Morgan fingerprint density at radius 2 is 0.462 bits per heavy atom. The molecular weight excluding hydrogens is 940 g/mol. The van der Waals surface area contributed by atoms with Crippen molar-refractivity contribution in [1.82, 2.24) is 15.5 Å². The Morgan fingerprint density at radius 3 is 0.635 bits per heavy atom. The van der Waals surface area contributed by atoms with Crippen molar-refractivity contribution in [2.75, 3.05) is 55.7 Å². The van der Waals surface area contributed by atoms with Gasteiger partial charge in [-0.2, -0.15) is 23.6 Å². The molecule has 0 bridgehead atoms. The Morgan fingerprint density at radius 1 is 0.288 bits per heavy atom. The molecule has 33 nitrogen and oxygen atoms in total. The summed E-state index contributed by atoms with van der Waals surface area (Å²) in [5, 5.41) is -1.39. The molecule has 5 unspecified atom stereocenters. The fourth-order valence-corrected chi connectivity index (χ4v) is 15.4. The average Bonchev–Trinajstić information content (AvgIpc) is 2.70. The van der Waals surface area contributed by atoms with E-state index in [9.17, 15) is 70.1 Å². The molecule has 0 aromatic rings. The predicted octanol–water partition coefficient (Wildman–Crippen LogP) is -1.85. The number of rotatable bonds is 26. The van der Waals surface area contributed by atoms with Crippen LogP contribution >= 0.6 is 76.0 Å². The number of hydroxylamine groups is 6. The van der Waals surface area contributed by atoms with E-state index in [0.29, 0.717) is 0 Å². The van der Waals surface area contributed by atoms with Crippen molar-refractivity contribution in [2.45, 2.75) is 0 Å². The van der Waals surface area contributed by atoms with E-state index in [1.54, 1.807) is 0 Å². The van der Waals surface area contributed by atoms with Gasteiger partial charge in [-0.15, -0.1) is 0 Å². The van der Waals surface area contributed by atoms with Crippen LogP contribution in [-0.4, -0.2) is 145 Å². The molecule has 314 valence electrons. The second-order valence-electron chi connectivity index (χ2n) is 9.67. The van der Waals surface area contributed by atoms with E-state index in [-0.39, 0.29) is 5.06 Å². The Hall–Kier alpha value is 1.38. The zero-order valence-electron chi connectivity index (χ0n) is 25.0. The van der Waals surface area contributed by atoms with Gasteiger partial charge >= 0.3 is 76.0 Å². The molecule has 43 heteroatoms. The SMILES string of the molecule is O=P(O)(O)CP(=O)(O)ON(CCN(OP(=O)(O)CP(=O)(O)O)OP(=O)(O)CP(=O)(O)O)CCN(OP(=O)(O)CP(=O)(O)O)OP(=O)(O)CP(=O)(O)O. The first-order valence-corrected chi connectivity index (χ1v) is 29.9. The molecule has 52 heavy (non-hydrogen) atoms. The zero-order chi connectivity index (χ0) is 41.6. The van der Waals surface area contributed by atoms with Gasteiger partial charge in [-0.25, -0.2) is 4.62 Å². The van der Waals surface area contributed by atoms with E-state index in [1.165, 1.54) is 0 Å². The van der Waals surface area contributed by atoms with Crippen LogP contribution in [0.5, 0.6) is 0 Å². The summed E-state index contributed by atoms with van der Waals surface area (Å²) in [6.07, 6.45) is 0. The van der Waals surface area contributed by atoms with E-state index in [2.05, 4.69) is 23.1 Å². The van der Waals surface area contributed by atoms with E-state index in [1.807, 2.05) is 0 Å². The second kappa shape index (κ2) is 19.4. The first kappa shape index (κ1) is 53.4. The molecule has 0 fully saturated rings. The molecule has 0 saturated heterocycles. The lowest BCUT2D eigenvalue weighted by atomic mass is 10.5. The number of hydrogen-bond acceptors (Lipinski definition) is 18. The lowest BCUT2D eigenvalue weighted by Crippen LogP contribution is -2.39. The van der Waals surface area contributed by atoms with Gasteiger partial charge in [0.05, 0.1) is 13.1 Å². The third-order valence-corrected chi connectivity index (χ3v) is 20.7. The quantitative estimate of drug-likeness (QED) is 0.0334. The van der Waals surface area contributed by atoms with Crippen LogP contribution in [0, 0.1) is 0 Å². The third-order valence-electron chi connectivity index (χ3n) is 4.00. The molecule has 0 radical (unpaired) electrons. The minimum atomic E-state index is -5.70. The molecule has 0 heterocycles. The molecule has 0 aromatic heterocycles. The maximum absolute atomic E-state index is 12.4. The molecular formula is C9H33N3O30P10. The van der Waals surface area contributed by atoms with Gasteiger partial charge in [0, 0.05) is 13.1 Å². The van der Waals surface area contributed by atoms with Gasteiger partial charge in [-0.05, 0) is 10.5 Å². The smallest absolute Gasteiger partial charge is 0.324 e. The summed E-state index contributed by atoms with van der Waals surface area (Å²) in [5.74, 6) is -10.3. The normalized spacial score (nSPS) is 19.9. The molecule has 0 saturated carbocycles. The van der Waals surface area contributed by atoms with Crippen LogP contribution in [0.4, 0.5) is 0 Å². The third kappa shape index (κ3) is 29.6. The maximum atomic E-state index is 12.4. The van der Waals surface area contributed by atoms with Crippen LogP contribution in [0.25, 0.3) is 0 Å². The molecule has 0 amide bonds. The first-order chi connectivity index (χ1) is 22.5. The fourth-order valence-electron chi connectivity index (χ4n) is 2.82. The van der Waals surface area contributed by atoms with Gasteiger partial charge in [-0.3, -0.25) is 45.7 Å². The fraction of sp³-hybridized carbons (Fsp3) is 1.00. The molecule has 0 rings (SSSR count). The topological polar surface area (TPSA) is 530 Å². The Balaban J connectivity index is 6.79. The largest absolute Gasteiger partial charge is 0.358 e. The summed E-state index contributed by atoms with van der Waals surface area (Å²) in [6.45, 7) is -5.85. The lowest BCUT2D eigenvalue weighted by molar-refractivity contribution is -0.279. The standard InChI is InChI=1S/C9H33N3O30P10/c13-43(14,15)5-48(28,29)38-10(1-3-11(39-49(30,31)6-44(16,17)18)40-50(32,33)7-45(19,20)21)2-4-12(41-51(34,35)8-46(22,23)24)42-52(36,37)9-47(25,26)27/h1-9H2,(H,28,29)(H,30,31)(H,32,33)(H,34,35)(H,36,37)(H2,13,14,15)(H2,16,17,18)(H2,19,20,21)(H2,22,23,24)(H2,25,26,27). The summed E-state index contributed by atoms with van der Waals surface area (Å²) < 4.78 is 139. The van der Waals surface area contributed by atoms with Crippen molar-refractivity contribution in [1.29, 1.82) is 0 Å². The second-order valence-corrected chi connectivity index (χ2v) is 29.2. The van der Waals surface area contributed by atoms with Crippen LogP contribution in [0.2, 0.25) is 0 Å². The van der Waals surface area contributed by atoms with Gasteiger partial charge in [0.25, 0.3) is 0 Å². The van der Waals surface area contributed by atoms with Gasteiger partial charge in [-0.1, -0.05) is 0 Å². The van der Waals surface area contributed by atoms with Gasteiger partial charge in [0.2, 0.25) is 0 Å². The minimum Gasteiger partial charge on any atom is -0.324 e. The molecule has 0 aliphatic rings.